The lowest BCUT2D eigenvalue weighted by molar-refractivity contribution is -0.132. The molecule has 0 radical (unpaired) electrons. The fourth-order valence-corrected chi connectivity index (χ4v) is 10.9. The number of carbonyl (C=O) groups is 2. The second kappa shape index (κ2) is 26.9. The maximum atomic E-state index is 12.6. The first kappa shape index (κ1) is 58.2. The number of phenolic OH excluding ortho intramolecular Hbond substituents is 3. The molecule has 3 aliphatic rings. The number of phenols is 3. The summed E-state index contributed by atoms with van der Waals surface area (Å²) in [5.41, 5.74) is 5.33. The zero-order chi connectivity index (χ0) is 58.7. The number of likely N-dealkylation sites (N-methyl/N-ethyl adjacent to an activating group) is 2. The van der Waals surface area contributed by atoms with E-state index in [0.717, 1.165) is 76.6 Å². The van der Waals surface area contributed by atoms with E-state index >= 15 is 0 Å². The van der Waals surface area contributed by atoms with E-state index < -0.39 is 0 Å². The first-order valence-corrected chi connectivity index (χ1v) is 28.9. The number of anilines is 3. The van der Waals surface area contributed by atoms with E-state index in [4.69, 9.17) is 15.0 Å². The summed E-state index contributed by atoms with van der Waals surface area (Å²) >= 11 is 0. The lowest BCUT2D eigenvalue weighted by atomic mass is 10.1. The number of benzene rings is 6. The third-order valence-corrected chi connectivity index (χ3v) is 15.3. The van der Waals surface area contributed by atoms with E-state index in [9.17, 15) is 24.9 Å². The smallest absolute Gasteiger partial charge is 0.239 e. The van der Waals surface area contributed by atoms with Crippen LogP contribution in [-0.2, 0) is 9.59 Å². The Morgan fingerprint density at radius 2 is 0.964 bits per heavy atom. The summed E-state index contributed by atoms with van der Waals surface area (Å²) in [7, 11) is 5.39. The minimum atomic E-state index is -0.198. The predicted molar refractivity (Wildman–Crippen MR) is 333 cm³/mol. The number of aromatic hydroxyl groups is 3. The molecule has 0 aliphatic carbocycles. The SMILES string of the molecule is CCCN(C)C(=O)[C@H]1C[C@H](Nc2nc(-c3ccccc3O)nc3ccccc23)CN1.Cc1ccc(O)c(-c2nc(N[C@@H]3CN[C@@H](C(=O)N(C)C)C3)c3ccccc3n2)c1.Oc1ccccc1-c1nc(NC2CCCCNC2)c2ccccc2n1. The summed E-state index contributed by atoms with van der Waals surface area (Å²) in [6.07, 6.45) is 5.86. The fourth-order valence-electron chi connectivity index (χ4n) is 10.9. The number of hydrogen-bond acceptors (Lipinski definition) is 17. The van der Waals surface area contributed by atoms with Gasteiger partial charge >= 0.3 is 0 Å². The highest BCUT2D eigenvalue weighted by atomic mass is 16.3. The molecule has 0 saturated carbocycles. The molecular weight excluding hydrogens is 1060 g/mol. The van der Waals surface area contributed by atoms with Crippen LogP contribution in [0, 0.1) is 6.92 Å². The van der Waals surface area contributed by atoms with Crippen LogP contribution in [0.4, 0.5) is 17.5 Å². The quantitative estimate of drug-likeness (QED) is 0.0522. The van der Waals surface area contributed by atoms with E-state index in [-0.39, 0.29) is 53.2 Å². The summed E-state index contributed by atoms with van der Waals surface area (Å²) in [6.45, 7) is 8.16. The first-order chi connectivity index (χ1) is 40.8. The van der Waals surface area contributed by atoms with Gasteiger partial charge < -0.3 is 57.0 Å². The lowest BCUT2D eigenvalue weighted by Crippen LogP contribution is -2.41. The van der Waals surface area contributed by atoms with E-state index in [2.05, 4.69) is 53.8 Å². The number of amides is 2. The van der Waals surface area contributed by atoms with Crippen molar-refractivity contribution >= 4 is 62.0 Å². The molecule has 3 saturated heterocycles. The number of nitrogens with zero attached hydrogens (tertiary/aromatic N) is 8. The number of fused-ring (bicyclic) bond motifs is 3. The second-order valence-corrected chi connectivity index (χ2v) is 21.9. The summed E-state index contributed by atoms with van der Waals surface area (Å²) in [5.74, 6) is 4.42. The number of para-hydroxylation sites is 5. The van der Waals surface area contributed by atoms with Crippen molar-refractivity contribution in [3.63, 3.8) is 0 Å². The molecule has 19 nitrogen and oxygen atoms in total. The molecule has 6 heterocycles. The molecule has 3 fully saturated rings. The molecule has 0 bridgehead atoms. The van der Waals surface area contributed by atoms with Crippen molar-refractivity contribution in [1.29, 1.82) is 0 Å². The highest BCUT2D eigenvalue weighted by Gasteiger charge is 2.33. The molecular formula is C65H74N14O5. The minimum Gasteiger partial charge on any atom is -0.507 e. The molecule has 5 atom stereocenters. The first-order valence-electron chi connectivity index (χ1n) is 28.9. The van der Waals surface area contributed by atoms with Crippen molar-refractivity contribution in [2.45, 2.75) is 82.6 Å². The van der Waals surface area contributed by atoms with Crippen LogP contribution in [0.5, 0.6) is 17.2 Å². The lowest BCUT2D eigenvalue weighted by Gasteiger charge is -2.20. The van der Waals surface area contributed by atoms with Crippen LogP contribution >= 0.6 is 0 Å². The highest BCUT2D eigenvalue weighted by Crippen LogP contribution is 2.34. The molecule has 84 heavy (non-hydrogen) atoms. The summed E-state index contributed by atoms with van der Waals surface area (Å²) in [4.78, 5) is 56.4. The molecule has 1 unspecified atom stereocenters. The predicted octanol–water partition coefficient (Wildman–Crippen LogP) is 9.11. The molecule has 12 rings (SSSR count). The van der Waals surface area contributed by atoms with E-state index in [1.807, 2.05) is 117 Å². The Hall–Kier alpha value is -9.04. The van der Waals surface area contributed by atoms with Crippen molar-refractivity contribution in [2.75, 3.05) is 69.8 Å². The van der Waals surface area contributed by atoms with E-state index in [0.29, 0.717) is 77.8 Å². The maximum Gasteiger partial charge on any atom is 0.239 e. The third-order valence-electron chi connectivity index (χ3n) is 15.3. The van der Waals surface area contributed by atoms with Gasteiger partial charge in [0, 0.05) is 81.6 Å². The van der Waals surface area contributed by atoms with Gasteiger partial charge in [0.25, 0.3) is 0 Å². The van der Waals surface area contributed by atoms with Crippen LogP contribution in [0.3, 0.4) is 0 Å². The Morgan fingerprint density at radius 3 is 1.45 bits per heavy atom. The summed E-state index contributed by atoms with van der Waals surface area (Å²) < 4.78 is 0. The van der Waals surface area contributed by atoms with Crippen LogP contribution in [0.1, 0.15) is 51.0 Å². The van der Waals surface area contributed by atoms with Crippen LogP contribution < -0.4 is 31.9 Å². The van der Waals surface area contributed by atoms with Gasteiger partial charge in [0.05, 0.1) is 45.3 Å². The van der Waals surface area contributed by atoms with Crippen molar-refractivity contribution in [3.05, 3.63) is 145 Å². The Kier molecular flexibility index (Phi) is 18.6. The van der Waals surface area contributed by atoms with Gasteiger partial charge in [-0.15, -0.1) is 0 Å². The summed E-state index contributed by atoms with van der Waals surface area (Å²) in [6, 6.07) is 43.3. The number of nitrogens with one attached hydrogen (secondary N) is 6. The van der Waals surface area contributed by atoms with Gasteiger partial charge in [0.2, 0.25) is 11.8 Å². The fraction of sp³-hybridized carbons (Fsp3) is 0.323. The van der Waals surface area contributed by atoms with Crippen LogP contribution in [0.2, 0.25) is 0 Å². The zero-order valence-electron chi connectivity index (χ0n) is 48.2. The molecule has 9 aromatic rings. The van der Waals surface area contributed by atoms with Gasteiger partial charge in [0.1, 0.15) is 34.7 Å². The normalized spacial score (nSPS) is 18.4. The maximum absolute atomic E-state index is 12.6. The van der Waals surface area contributed by atoms with Gasteiger partial charge in [0.15, 0.2) is 17.5 Å². The Bertz CT molecular complexity index is 3760. The Morgan fingerprint density at radius 1 is 0.524 bits per heavy atom. The molecule has 434 valence electrons. The minimum absolute atomic E-state index is 0.0705. The molecule has 2 amide bonds. The van der Waals surface area contributed by atoms with Gasteiger partial charge in [-0.05, 0) is 118 Å². The van der Waals surface area contributed by atoms with Crippen molar-refractivity contribution in [2.24, 2.45) is 0 Å². The number of aryl methyl sites for hydroxylation is 1. The van der Waals surface area contributed by atoms with Gasteiger partial charge in [-0.25, -0.2) is 29.9 Å². The second-order valence-electron chi connectivity index (χ2n) is 21.9. The Labute approximate surface area is 489 Å². The molecule has 19 heteroatoms. The van der Waals surface area contributed by atoms with Crippen molar-refractivity contribution < 1.29 is 24.9 Å². The molecule has 9 N–H and O–H groups in total. The average molecular weight is 1130 g/mol. The number of rotatable bonds is 13. The van der Waals surface area contributed by atoms with Crippen molar-refractivity contribution in [3.8, 4) is 51.4 Å². The molecule has 3 aromatic heterocycles. The molecule has 6 aromatic carbocycles. The molecule has 3 aliphatic heterocycles. The average Bonchev–Trinajstić information content (AvgIpc) is 4.27. The van der Waals surface area contributed by atoms with E-state index in [1.165, 1.54) is 12.8 Å². The zero-order valence-corrected chi connectivity index (χ0v) is 48.2. The van der Waals surface area contributed by atoms with E-state index in [1.54, 1.807) is 60.3 Å². The topological polar surface area (TPSA) is 251 Å². The van der Waals surface area contributed by atoms with Crippen LogP contribution in [0.25, 0.3) is 66.9 Å². The number of carbonyl (C=O) groups excluding carboxylic acids is 2. The highest BCUT2D eigenvalue weighted by molar-refractivity contribution is 5.93. The summed E-state index contributed by atoms with van der Waals surface area (Å²) in [5, 5.41) is 54.3. The monoisotopic (exact) mass is 1130 g/mol. The van der Waals surface area contributed by atoms with Gasteiger partial charge in [-0.2, -0.15) is 0 Å². The largest absolute Gasteiger partial charge is 0.507 e. The number of hydrogen-bond donors (Lipinski definition) is 9. The number of aromatic nitrogens is 6. The van der Waals surface area contributed by atoms with Crippen LogP contribution in [0.15, 0.2) is 140 Å². The standard InChI is InChI=1S/C23H27N5O2.C22H25N5O2.C20H22N4O/c1-3-12-28(2)23(30)19-13-15(14-24-19)25-21-16-8-4-6-10-18(16)26-22(27-21)17-9-5-7-11-20(17)29;1-13-8-9-19(28)16(10-13)21-25-17-7-5-4-6-15(17)20(26-21)24-14-11-18(23-12-14)22(29)27(2)3;25-18-11-4-2-9-16(18)20-23-17-10-3-1-8-15(17)19(24-20)22-14-7-5-6-12-21-13-14/h4-11,15,19,24,29H,3,12-14H2,1-2H3,(H,25,26,27);4-10,14,18,23,28H,11-12H2,1-3H3,(H,24,25,26);1-4,8-11,14,21,25H,5-7,12-13H2,(H,22,23,24)/t15-,19+;14-,18+;/m00./s1. The van der Waals surface area contributed by atoms with Gasteiger partial charge in [-0.1, -0.05) is 85.6 Å². The third kappa shape index (κ3) is 13.9. The van der Waals surface area contributed by atoms with Crippen LogP contribution in [-0.4, -0.2) is 151 Å². The van der Waals surface area contributed by atoms with Gasteiger partial charge in [-0.3, -0.25) is 9.59 Å². The Balaban J connectivity index is 0.000000141. The van der Waals surface area contributed by atoms with Crippen molar-refractivity contribution in [1.82, 2.24) is 55.7 Å². The molecule has 0 spiro atoms.